The van der Waals surface area contributed by atoms with Gasteiger partial charge >= 0.3 is 12.1 Å². The van der Waals surface area contributed by atoms with Crippen LogP contribution in [-0.4, -0.2) is 36.9 Å². The van der Waals surface area contributed by atoms with E-state index in [1.54, 1.807) is 32.1 Å². The summed E-state index contributed by atoms with van der Waals surface area (Å²) in [6.45, 7) is 6.29. The monoisotopic (exact) mass is 687 g/mol. The number of alkyl carbamates (subject to hydrolysis) is 1. The van der Waals surface area contributed by atoms with Crippen LogP contribution in [0, 0.1) is 0 Å². The fourth-order valence-electron chi connectivity index (χ4n) is 4.88. The summed E-state index contributed by atoms with van der Waals surface area (Å²) in [4.78, 5) is 31.7. The van der Waals surface area contributed by atoms with Gasteiger partial charge in [-0.2, -0.15) is 0 Å². The smallest absolute Gasteiger partial charge is 0.408 e. The third-order valence-corrected chi connectivity index (χ3v) is 10.6. The Kier molecular flexibility index (Phi) is 12.3. The number of nitrogens with one attached hydrogen (secondary N) is 1. The van der Waals surface area contributed by atoms with E-state index in [9.17, 15) is 9.59 Å². The first-order valence-corrected chi connectivity index (χ1v) is 18.4. The van der Waals surface area contributed by atoms with Gasteiger partial charge in [-0.05, 0) is 118 Å². The SMILES string of the molecule is CC(C)(C)OC(=O)N[C@@H](Cc1ccccc1)C(=O)OCCCCCCOc1ccc(-c2ccc(-c3ccc(-c4cccs4)s3)s2)cc1. The van der Waals surface area contributed by atoms with Crippen LogP contribution in [-0.2, 0) is 20.7 Å². The van der Waals surface area contributed by atoms with Gasteiger partial charge in [0.25, 0.3) is 0 Å². The molecule has 1 N–H and O–H groups in total. The summed E-state index contributed by atoms with van der Waals surface area (Å²) in [6.07, 6.45) is 3.23. The number of hydrogen-bond donors (Lipinski definition) is 1. The molecule has 0 saturated carbocycles. The van der Waals surface area contributed by atoms with Gasteiger partial charge in [0, 0.05) is 30.8 Å². The first-order valence-electron chi connectivity index (χ1n) is 15.9. The molecule has 9 heteroatoms. The first kappa shape index (κ1) is 34.4. The van der Waals surface area contributed by atoms with E-state index in [1.165, 1.54) is 29.9 Å². The van der Waals surface area contributed by atoms with Crippen LogP contribution in [0.2, 0.25) is 0 Å². The van der Waals surface area contributed by atoms with Crippen molar-refractivity contribution in [2.45, 2.75) is 64.5 Å². The van der Waals surface area contributed by atoms with Crippen LogP contribution in [0.1, 0.15) is 52.0 Å². The molecule has 5 aromatic rings. The summed E-state index contributed by atoms with van der Waals surface area (Å²) in [5.74, 6) is 0.403. The normalized spacial score (nSPS) is 12.0. The van der Waals surface area contributed by atoms with Crippen LogP contribution in [0.5, 0.6) is 5.75 Å². The number of hydrogen-bond acceptors (Lipinski definition) is 8. The molecule has 3 aromatic heterocycles. The highest BCUT2D eigenvalue weighted by Crippen LogP contribution is 2.41. The molecule has 0 aliphatic heterocycles. The van der Waals surface area contributed by atoms with Crippen molar-refractivity contribution >= 4 is 46.1 Å². The lowest BCUT2D eigenvalue weighted by Crippen LogP contribution is -2.45. The number of thiophene rings is 3. The van der Waals surface area contributed by atoms with Crippen molar-refractivity contribution in [3.63, 3.8) is 0 Å². The second-order valence-electron chi connectivity index (χ2n) is 12.1. The zero-order valence-corrected chi connectivity index (χ0v) is 29.5. The fourth-order valence-corrected chi connectivity index (χ4v) is 7.82. The topological polar surface area (TPSA) is 73.9 Å². The molecule has 0 aliphatic carbocycles. The summed E-state index contributed by atoms with van der Waals surface area (Å²) in [5.41, 5.74) is 1.46. The Morgan fingerprint density at radius 1 is 0.702 bits per heavy atom. The maximum atomic E-state index is 12.9. The summed E-state index contributed by atoms with van der Waals surface area (Å²) < 4.78 is 16.9. The summed E-state index contributed by atoms with van der Waals surface area (Å²) in [6, 6.07) is 30.1. The number of ether oxygens (including phenoxy) is 3. The molecule has 3 heterocycles. The van der Waals surface area contributed by atoms with E-state index >= 15 is 0 Å². The lowest BCUT2D eigenvalue weighted by Gasteiger charge is -2.23. The van der Waals surface area contributed by atoms with Gasteiger partial charge in [-0.1, -0.05) is 36.4 Å². The van der Waals surface area contributed by atoms with Gasteiger partial charge in [-0.25, -0.2) is 9.59 Å². The zero-order valence-electron chi connectivity index (χ0n) is 27.0. The van der Waals surface area contributed by atoms with Crippen molar-refractivity contribution < 1.29 is 23.8 Å². The van der Waals surface area contributed by atoms with Crippen LogP contribution >= 0.6 is 34.0 Å². The highest BCUT2D eigenvalue weighted by Gasteiger charge is 2.26. The molecule has 246 valence electrons. The standard InChI is InChI=1S/C38H41NO5S3/c1-38(2,3)44-37(41)39-30(26-27-12-7-6-8-13-27)36(40)43-24-10-5-4-9-23-42-29-17-15-28(16-18-29)31-19-20-34(46-31)35-22-21-33(47-35)32-14-11-25-45-32/h6-8,11-22,25,30H,4-5,9-10,23-24,26H2,1-3H3,(H,39,41)/t30-/m0/s1. The van der Waals surface area contributed by atoms with E-state index in [0.717, 1.165) is 37.0 Å². The second kappa shape index (κ2) is 16.8. The molecule has 2 aromatic carbocycles. The predicted molar refractivity (Wildman–Crippen MR) is 195 cm³/mol. The van der Waals surface area contributed by atoms with E-state index < -0.39 is 23.7 Å². The van der Waals surface area contributed by atoms with Crippen molar-refractivity contribution in [3.05, 3.63) is 102 Å². The lowest BCUT2D eigenvalue weighted by atomic mass is 10.1. The summed E-state index contributed by atoms with van der Waals surface area (Å²) in [7, 11) is 0. The number of rotatable bonds is 15. The molecule has 0 bridgehead atoms. The summed E-state index contributed by atoms with van der Waals surface area (Å²) >= 11 is 5.42. The number of esters is 1. The first-order chi connectivity index (χ1) is 22.7. The van der Waals surface area contributed by atoms with Crippen molar-refractivity contribution in [1.82, 2.24) is 5.32 Å². The van der Waals surface area contributed by atoms with Crippen LogP contribution in [0.3, 0.4) is 0 Å². The van der Waals surface area contributed by atoms with Crippen molar-refractivity contribution in [2.24, 2.45) is 0 Å². The third kappa shape index (κ3) is 10.8. The average molecular weight is 688 g/mol. The van der Waals surface area contributed by atoms with Crippen LogP contribution in [0.15, 0.2) is 96.4 Å². The summed E-state index contributed by atoms with van der Waals surface area (Å²) in [5, 5.41) is 4.80. The number of benzene rings is 2. The van der Waals surface area contributed by atoms with Gasteiger partial charge in [0.1, 0.15) is 17.4 Å². The van der Waals surface area contributed by atoms with Crippen molar-refractivity contribution in [3.8, 4) is 35.7 Å². The van der Waals surface area contributed by atoms with Gasteiger partial charge in [0.15, 0.2) is 0 Å². The molecule has 0 aliphatic rings. The molecule has 0 radical (unpaired) electrons. The highest BCUT2D eigenvalue weighted by atomic mass is 32.1. The van der Waals surface area contributed by atoms with Crippen LogP contribution in [0.25, 0.3) is 29.9 Å². The molecule has 5 rings (SSSR count). The Morgan fingerprint density at radius 3 is 2.00 bits per heavy atom. The zero-order chi connectivity index (χ0) is 33.1. The van der Waals surface area contributed by atoms with Gasteiger partial charge in [0.05, 0.1) is 13.2 Å². The Morgan fingerprint density at radius 2 is 1.34 bits per heavy atom. The fraction of sp³-hybridized carbons (Fsp3) is 0.316. The minimum absolute atomic E-state index is 0.301. The largest absolute Gasteiger partial charge is 0.494 e. The molecule has 0 spiro atoms. The number of carbonyl (C=O) groups is 2. The molecule has 47 heavy (non-hydrogen) atoms. The minimum atomic E-state index is -0.820. The molecule has 0 saturated heterocycles. The third-order valence-electron chi connectivity index (χ3n) is 7.17. The minimum Gasteiger partial charge on any atom is -0.494 e. The van der Waals surface area contributed by atoms with Crippen LogP contribution < -0.4 is 10.1 Å². The van der Waals surface area contributed by atoms with Gasteiger partial charge in [-0.3, -0.25) is 0 Å². The Bertz CT molecular complexity index is 1690. The maximum absolute atomic E-state index is 12.9. The maximum Gasteiger partial charge on any atom is 0.408 e. The Labute approximate surface area is 289 Å². The van der Waals surface area contributed by atoms with Crippen molar-refractivity contribution in [2.75, 3.05) is 13.2 Å². The molecule has 0 unspecified atom stereocenters. The molecule has 6 nitrogen and oxygen atoms in total. The van der Waals surface area contributed by atoms with E-state index in [1.807, 2.05) is 65.1 Å². The average Bonchev–Trinajstić information content (AvgIpc) is 3.84. The van der Waals surface area contributed by atoms with E-state index in [2.05, 4.69) is 59.2 Å². The molecule has 0 fully saturated rings. The van der Waals surface area contributed by atoms with Gasteiger partial charge < -0.3 is 19.5 Å². The number of unbranched alkanes of at least 4 members (excludes halogenated alkanes) is 3. The van der Waals surface area contributed by atoms with Gasteiger partial charge in [0.2, 0.25) is 0 Å². The highest BCUT2D eigenvalue weighted by molar-refractivity contribution is 7.27. The molecule has 1 amide bonds. The molecule has 1 atom stereocenters. The van der Waals surface area contributed by atoms with E-state index in [4.69, 9.17) is 14.2 Å². The van der Waals surface area contributed by atoms with Crippen molar-refractivity contribution in [1.29, 1.82) is 0 Å². The van der Waals surface area contributed by atoms with E-state index in [0.29, 0.717) is 19.6 Å². The van der Waals surface area contributed by atoms with Crippen LogP contribution in [0.4, 0.5) is 4.79 Å². The van der Waals surface area contributed by atoms with Gasteiger partial charge in [-0.15, -0.1) is 34.0 Å². The quantitative estimate of drug-likeness (QED) is 0.0876. The predicted octanol–water partition coefficient (Wildman–Crippen LogP) is 10.5. The lowest BCUT2D eigenvalue weighted by molar-refractivity contribution is -0.146. The number of amides is 1. The Balaban J connectivity index is 0.993. The molecular weight excluding hydrogens is 647 g/mol. The molecular formula is C38H41NO5S3. The second-order valence-corrected chi connectivity index (χ2v) is 15.3. The number of carbonyl (C=O) groups excluding carboxylic acids is 2. The Hall–Kier alpha value is -3.92. The van der Waals surface area contributed by atoms with E-state index in [-0.39, 0.29) is 0 Å².